The third-order valence-corrected chi connectivity index (χ3v) is 6.93. The van der Waals surface area contributed by atoms with Crippen molar-refractivity contribution >= 4 is 28.9 Å². The van der Waals surface area contributed by atoms with Gasteiger partial charge in [0.1, 0.15) is 6.04 Å². The number of rotatable bonds is 11. The van der Waals surface area contributed by atoms with Crippen LogP contribution in [-0.2, 0) is 4.79 Å². The van der Waals surface area contributed by atoms with E-state index in [0.29, 0.717) is 53.4 Å². The normalized spacial score (nSPS) is 15.3. The summed E-state index contributed by atoms with van der Waals surface area (Å²) in [6.07, 6.45) is 8.24. The molecule has 0 saturated carbocycles. The molecule has 9 heteroatoms. The summed E-state index contributed by atoms with van der Waals surface area (Å²) >= 11 is 0. The highest BCUT2D eigenvalue weighted by atomic mass is 16.4. The van der Waals surface area contributed by atoms with Gasteiger partial charge in [-0.1, -0.05) is 39.0 Å². The first-order valence-corrected chi connectivity index (χ1v) is 13.2. The van der Waals surface area contributed by atoms with Crippen LogP contribution in [0.5, 0.6) is 0 Å². The van der Waals surface area contributed by atoms with E-state index in [1.807, 2.05) is 6.92 Å². The number of nitrogens with zero attached hydrogens (tertiary/aromatic N) is 4. The summed E-state index contributed by atoms with van der Waals surface area (Å²) in [6.45, 7) is 5.20. The van der Waals surface area contributed by atoms with E-state index in [1.54, 1.807) is 35.2 Å². The molecular weight excluding hydrogens is 470 g/mol. The molecule has 2 N–H and O–H groups in total. The van der Waals surface area contributed by atoms with Gasteiger partial charge in [-0.3, -0.25) is 14.2 Å². The van der Waals surface area contributed by atoms with Gasteiger partial charge in [0, 0.05) is 30.1 Å². The van der Waals surface area contributed by atoms with Gasteiger partial charge in [0.25, 0.3) is 11.5 Å². The van der Waals surface area contributed by atoms with Gasteiger partial charge in [0.2, 0.25) is 5.95 Å². The summed E-state index contributed by atoms with van der Waals surface area (Å²) in [7, 11) is 0. The number of pyridine rings is 1. The number of hydrogen-bond donors (Lipinski definition) is 2. The molecule has 0 bridgehead atoms. The second kappa shape index (κ2) is 12.0. The lowest BCUT2D eigenvalue weighted by molar-refractivity contribution is -0.138. The van der Waals surface area contributed by atoms with Crippen LogP contribution in [-0.4, -0.2) is 50.6 Å². The summed E-state index contributed by atoms with van der Waals surface area (Å²) in [5.41, 5.74) is 1.90. The molecule has 196 valence electrons. The Balaban J connectivity index is 1.55. The standard InChI is InChI=1S/C28H35N5O4/c1-3-4-5-6-7-8-17-29-26(35)20-11-13-21(14-12-20)33-24(34)16-15-22-19(2)30-28(31-25(22)33)32-18-9-10-23(32)27(36)37/h11-16,23H,3-10,17-18H2,1-2H3,(H,29,35)(H,36,37)/t23-/m0/s1. The second-order valence-electron chi connectivity index (χ2n) is 9.61. The number of benzene rings is 1. The first-order chi connectivity index (χ1) is 17.9. The minimum Gasteiger partial charge on any atom is -0.480 e. The monoisotopic (exact) mass is 505 g/mol. The Labute approximate surface area is 216 Å². The highest BCUT2D eigenvalue weighted by Crippen LogP contribution is 2.26. The lowest BCUT2D eigenvalue weighted by Crippen LogP contribution is -2.37. The van der Waals surface area contributed by atoms with Crippen molar-refractivity contribution in [2.75, 3.05) is 18.0 Å². The average molecular weight is 506 g/mol. The number of aromatic nitrogens is 3. The van der Waals surface area contributed by atoms with Gasteiger partial charge < -0.3 is 15.3 Å². The maximum atomic E-state index is 13.0. The third kappa shape index (κ3) is 5.98. The van der Waals surface area contributed by atoms with Crippen LogP contribution in [0.15, 0.2) is 41.2 Å². The second-order valence-corrected chi connectivity index (χ2v) is 9.61. The molecule has 3 heterocycles. The first-order valence-electron chi connectivity index (χ1n) is 13.2. The average Bonchev–Trinajstić information content (AvgIpc) is 3.39. The zero-order valence-electron chi connectivity index (χ0n) is 21.6. The topological polar surface area (TPSA) is 117 Å². The summed E-state index contributed by atoms with van der Waals surface area (Å²) in [5, 5.41) is 13.3. The molecule has 1 aromatic carbocycles. The van der Waals surface area contributed by atoms with E-state index < -0.39 is 12.0 Å². The maximum Gasteiger partial charge on any atom is 0.326 e. The number of nitrogens with one attached hydrogen (secondary N) is 1. The zero-order valence-corrected chi connectivity index (χ0v) is 21.6. The Bertz CT molecular complexity index is 1320. The van der Waals surface area contributed by atoms with E-state index in [4.69, 9.17) is 0 Å². The molecule has 1 fully saturated rings. The Morgan fingerprint density at radius 1 is 1.03 bits per heavy atom. The number of aliphatic carboxylic acids is 1. The van der Waals surface area contributed by atoms with Crippen molar-refractivity contribution in [2.45, 2.75) is 71.3 Å². The fourth-order valence-electron chi connectivity index (χ4n) is 4.86. The van der Waals surface area contributed by atoms with Crippen LogP contribution in [0.25, 0.3) is 16.7 Å². The molecule has 2 aromatic heterocycles. The van der Waals surface area contributed by atoms with Crippen LogP contribution < -0.4 is 15.8 Å². The van der Waals surface area contributed by atoms with Crippen LogP contribution in [0.4, 0.5) is 5.95 Å². The molecule has 1 atom stereocenters. The molecule has 1 aliphatic heterocycles. The Hall–Kier alpha value is -3.75. The van der Waals surface area contributed by atoms with Gasteiger partial charge in [-0.25, -0.2) is 9.78 Å². The van der Waals surface area contributed by atoms with E-state index in [1.165, 1.54) is 36.3 Å². The molecule has 0 spiro atoms. The van der Waals surface area contributed by atoms with E-state index in [2.05, 4.69) is 22.2 Å². The van der Waals surface area contributed by atoms with E-state index in [0.717, 1.165) is 19.3 Å². The van der Waals surface area contributed by atoms with Crippen molar-refractivity contribution in [3.63, 3.8) is 0 Å². The van der Waals surface area contributed by atoms with Gasteiger partial charge in [-0.2, -0.15) is 4.98 Å². The molecule has 1 aliphatic rings. The largest absolute Gasteiger partial charge is 0.480 e. The van der Waals surface area contributed by atoms with Gasteiger partial charge in [0.05, 0.1) is 11.4 Å². The van der Waals surface area contributed by atoms with Crippen LogP contribution in [0, 0.1) is 6.92 Å². The van der Waals surface area contributed by atoms with Crippen LogP contribution in [0.3, 0.4) is 0 Å². The van der Waals surface area contributed by atoms with Crippen LogP contribution >= 0.6 is 0 Å². The quantitative estimate of drug-likeness (QED) is 0.375. The Morgan fingerprint density at radius 2 is 1.76 bits per heavy atom. The molecule has 1 amide bonds. The lowest BCUT2D eigenvalue weighted by atomic mass is 10.1. The van der Waals surface area contributed by atoms with Crippen LogP contribution in [0.2, 0.25) is 0 Å². The van der Waals surface area contributed by atoms with Crippen molar-refractivity contribution in [3.8, 4) is 5.69 Å². The fourth-order valence-corrected chi connectivity index (χ4v) is 4.86. The summed E-state index contributed by atoms with van der Waals surface area (Å²) in [4.78, 5) is 48.1. The Morgan fingerprint density at radius 3 is 2.49 bits per heavy atom. The highest BCUT2D eigenvalue weighted by Gasteiger charge is 2.32. The number of carbonyl (C=O) groups excluding carboxylic acids is 1. The summed E-state index contributed by atoms with van der Waals surface area (Å²) in [5.74, 6) is -0.742. The van der Waals surface area contributed by atoms with Gasteiger partial charge in [-0.15, -0.1) is 0 Å². The predicted octanol–water partition coefficient (Wildman–Crippen LogP) is 4.23. The van der Waals surface area contributed by atoms with Crippen molar-refractivity contribution in [1.29, 1.82) is 0 Å². The molecular formula is C28H35N5O4. The fraction of sp³-hybridized carbons (Fsp3) is 0.464. The summed E-state index contributed by atoms with van der Waals surface area (Å²) in [6, 6.07) is 9.34. The maximum absolute atomic E-state index is 13.0. The van der Waals surface area contributed by atoms with E-state index in [-0.39, 0.29) is 11.5 Å². The molecule has 3 aromatic rings. The molecule has 37 heavy (non-hydrogen) atoms. The van der Waals surface area contributed by atoms with E-state index >= 15 is 0 Å². The first kappa shape index (κ1) is 26.3. The van der Waals surface area contributed by atoms with E-state index in [9.17, 15) is 19.5 Å². The smallest absolute Gasteiger partial charge is 0.326 e. The number of aryl methyl sites for hydroxylation is 1. The molecule has 0 radical (unpaired) electrons. The van der Waals surface area contributed by atoms with Gasteiger partial charge in [0.15, 0.2) is 5.65 Å². The summed E-state index contributed by atoms with van der Waals surface area (Å²) < 4.78 is 1.48. The van der Waals surface area contributed by atoms with Gasteiger partial charge >= 0.3 is 5.97 Å². The SMILES string of the molecule is CCCCCCCCNC(=O)c1ccc(-n2c(=O)ccc3c(C)nc(N4CCC[C@H]4C(=O)O)nc32)cc1. The molecule has 4 rings (SSSR count). The number of hydrogen-bond acceptors (Lipinski definition) is 6. The number of fused-ring (bicyclic) bond motifs is 1. The molecule has 1 saturated heterocycles. The Kier molecular flexibility index (Phi) is 8.53. The minimum atomic E-state index is -0.908. The van der Waals surface area contributed by atoms with Crippen molar-refractivity contribution in [3.05, 3.63) is 58.0 Å². The van der Waals surface area contributed by atoms with Crippen LogP contribution in [0.1, 0.15) is 74.3 Å². The zero-order chi connectivity index (χ0) is 26.4. The third-order valence-electron chi connectivity index (χ3n) is 6.93. The number of unbranched alkanes of at least 4 members (excludes halogenated alkanes) is 5. The molecule has 9 nitrogen and oxygen atoms in total. The number of anilines is 1. The lowest BCUT2D eigenvalue weighted by Gasteiger charge is -2.22. The number of carboxylic acid groups (broad SMARTS) is 1. The number of amides is 1. The van der Waals surface area contributed by atoms with Gasteiger partial charge in [-0.05, 0) is 56.5 Å². The van der Waals surface area contributed by atoms with Crippen molar-refractivity contribution in [2.24, 2.45) is 0 Å². The minimum absolute atomic E-state index is 0.139. The molecule has 0 aliphatic carbocycles. The predicted molar refractivity (Wildman–Crippen MR) is 144 cm³/mol. The number of carboxylic acids is 1. The number of carbonyl (C=O) groups is 2. The molecule has 0 unspecified atom stereocenters. The van der Waals surface area contributed by atoms with Crippen molar-refractivity contribution in [1.82, 2.24) is 19.9 Å². The highest BCUT2D eigenvalue weighted by molar-refractivity contribution is 5.94. The van der Waals surface area contributed by atoms with Crippen molar-refractivity contribution < 1.29 is 14.7 Å².